The Morgan fingerprint density at radius 1 is 1.15 bits per heavy atom. The second-order valence-electron chi connectivity index (χ2n) is 6.51. The van der Waals surface area contributed by atoms with Crippen LogP contribution in [0.4, 0.5) is 0 Å². The number of thiophene rings is 1. The quantitative estimate of drug-likeness (QED) is 0.756. The zero-order valence-corrected chi connectivity index (χ0v) is 16.9. The van der Waals surface area contributed by atoms with Gasteiger partial charge in [-0.05, 0) is 41.6 Å². The Hall–Kier alpha value is -1.45. The van der Waals surface area contributed by atoms with Gasteiger partial charge in [0.2, 0.25) is 10.0 Å². The number of halogens is 1. The molecule has 144 valence electrons. The lowest BCUT2D eigenvalue weighted by atomic mass is 10.1. The van der Waals surface area contributed by atoms with Gasteiger partial charge in [-0.15, -0.1) is 11.3 Å². The molecule has 6 nitrogen and oxygen atoms in total. The predicted octanol–water partition coefficient (Wildman–Crippen LogP) is 2.62. The molecule has 1 aromatic carbocycles. The van der Waals surface area contributed by atoms with Crippen molar-refractivity contribution in [2.45, 2.75) is 17.9 Å². The van der Waals surface area contributed by atoms with Gasteiger partial charge in [-0.3, -0.25) is 4.79 Å². The third-order valence-electron chi connectivity index (χ3n) is 4.86. The summed E-state index contributed by atoms with van der Waals surface area (Å²) in [5.41, 5.74) is 1.50. The zero-order chi connectivity index (χ0) is 19.0. The highest BCUT2D eigenvalue weighted by atomic mass is 35.5. The molecule has 1 fully saturated rings. The van der Waals surface area contributed by atoms with Crippen molar-refractivity contribution < 1.29 is 17.9 Å². The van der Waals surface area contributed by atoms with Crippen molar-refractivity contribution in [2.24, 2.45) is 0 Å². The summed E-state index contributed by atoms with van der Waals surface area (Å²) in [6, 6.07) is 6.52. The number of ether oxygens (including phenoxy) is 1. The second kappa shape index (κ2) is 7.52. The normalized spacial score (nSPS) is 18.3. The summed E-state index contributed by atoms with van der Waals surface area (Å²) >= 11 is 7.89. The minimum atomic E-state index is -3.77. The van der Waals surface area contributed by atoms with E-state index in [9.17, 15) is 13.2 Å². The molecule has 1 saturated heterocycles. The number of rotatable bonds is 3. The van der Waals surface area contributed by atoms with Crippen LogP contribution in [0, 0.1) is 0 Å². The largest absolute Gasteiger partial charge is 0.379 e. The maximum atomic E-state index is 13.0. The highest BCUT2D eigenvalue weighted by molar-refractivity contribution is 7.89. The van der Waals surface area contributed by atoms with Gasteiger partial charge in [-0.25, -0.2) is 8.42 Å². The van der Waals surface area contributed by atoms with Crippen LogP contribution in [0.15, 0.2) is 34.5 Å². The lowest BCUT2D eigenvalue weighted by Gasteiger charge is -2.28. The van der Waals surface area contributed by atoms with E-state index in [1.165, 1.54) is 21.3 Å². The molecular weight excluding hydrogens is 408 g/mol. The first-order valence-electron chi connectivity index (χ1n) is 8.69. The van der Waals surface area contributed by atoms with Gasteiger partial charge in [-0.2, -0.15) is 4.31 Å². The molecule has 3 heterocycles. The Labute approximate surface area is 167 Å². The molecule has 9 heteroatoms. The number of amides is 1. The van der Waals surface area contributed by atoms with Gasteiger partial charge in [0, 0.05) is 36.6 Å². The molecule has 0 aliphatic carbocycles. The fourth-order valence-electron chi connectivity index (χ4n) is 3.36. The number of hydrogen-bond acceptors (Lipinski definition) is 5. The van der Waals surface area contributed by atoms with Crippen molar-refractivity contribution in [2.75, 3.05) is 32.8 Å². The topological polar surface area (TPSA) is 66.9 Å². The molecule has 1 aromatic heterocycles. The molecule has 27 heavy (non-hydrogen) atoms. The van der Waals surface area contributed by atoms with Crippen molar-refractivity contribution in [1.82, 2.24) is 9.21 Å². The van der Waals surface area contributed by atoms with Crippen LogP contribution < -0.4 is 0 Å². The Morgan fingerprint density at radius 3 is 2.70 bits per heavy atom. The summed E-state index contributed by atoms with van der Waals surface area (Å²) in [5.74, 6) is -0.179. The third kappa shape index (κ3) is 3.64. The molecule has 2 aliphatic rings. The number of morpholine rings is 1. The van der Waals surface area contributed by atoms with Crippen molar-refractivity contribution in [3.8, 4) is 0 Å². The first-order chi connectivity index (χ1) is 13.0. The lowest BCUT2D eigenvalue weighted by molar-refractivity contribution is 0.0727. The van der Waals surface area contributed by atoms with Gasteiger partial charge in [0.05, 0.1) is 18.2 Å². The number of fused-ring (bicyclic) bond motifs is 1. The number of carbonyl (C=O) groups excluding carboxylic acids is 1. The van der Waals surface area contributed by atoms with Crippen molar-refractivity contribution in [3.63, 3.8) is 0 Å². The van der Waals surface area contributed by atoms with Crippen LogP contribution in [0.1, 0.15) is 20.8 Å². The first-order valence-corrected chi connectivity index (χ1v) is 11.4. The Balaban J connectivity index is 1.61. The maximum absolute atomic E-state index is 13.0. The summed E-state index contributed by atoms with van der Waals surface area (Å²) in [6.07, 6.45) is 0.825. The molecule has 0 spiro atoms. The van der Waals surface area contributed by atoms with Crippen LogP contribution in [0.25, 0.3) is 0 Å². The molecule has 0 unspecified atom stereocenters. The van der Waals surface area contributed by atoms with E-state index >= 15 is 0 Å². The van der Waals surface area contributed by atoms with Crippen molar-refractivity contribution in [1.29, 1.82) is 0 Å². The number of carbonyl (C=O) groups is 1. The van der Waals surface area contributed by atoms with Crippen molar-refractivity contribution >= 4 is 38.9 Å². The monoisotopic (exact) mass is 426 g/mol. The molecule has 0 atom stereocenters. The molecule has 2 aliphatic heterocycles. The summed E-state index contributed by atoms with van der Waals surface area (Å²) in [6.45, 7) is 2.44. The molecule has 1 amide bonds. The Morgan fingerprint density at radius 2 is 1.93 bits per heavy atom. The number of sulfonamides is 1. The maximum Gasteiger partial charge on any atom is 0.254 e. The predicted molar refractivity (Wildman–Crippen MR) is 104 cm³/mol. The lowest BCUT2D eigenvalue weighted by Crippen LogP contribution is -2.41. The molecule has 4 rings (SSSR count). The van der Waals surface area contributed by atoms with Crippen molar-refractivity contribution in [3.05, 3.63) is 50.7 Å². The fraction of sp³-hybridized carbons (Fsp3) is 0.389. The van der Waals surface area contributed by atoms with Crippen LogP contribution in [-0.4, -0.2) is 56.4 Å². The first kappa shape index (κ1) is 18.9. The van der Waals surface area contributed by atoms with Gasteiger partial charge in [0.15, 0.2) is 0 Å². The van der Waals surface area contributed by atoms with Gasteiger partial charge >= 0.3 is 0 Å². The summed E-state index contributed by atoms with van der Waals surface area (Å²) in [7, 11) is -3.77. The highest BCUT2D eigenvalue weighted by Crippen LogP contribution is 2.29. The van der Waals surface area contributed by atoms with E-state index in [0.29, 0.717) is 31.9 Å². The SMILES string of the molecule is O=C(c1ccc(Cl)c(S(=O)(=O)N2CCOCC2)c1)N1CCc2sccc2C1. The Bertz CT molecular complexity index is 967. The van der Waals surface area contributed by atoms with E-state index in [1.807, 2.05) is 11.4 Å². The molecule has 0 saturated carbocycles. The molecule has 0 radical (unpaired) electrons. The van der Waals surface area contributed by atoms with Gasteiger partial charge in [0.25, 0.3) is 5.91 Å². The second-order valence-corrected chi connectivity index (χ2v) is 9.82. The van der Waals surface area contributed by atoms with Gasteiger partial charge in [0.1, 0.15) is 4.90 Å². The number of hydrogen-bond donors (Lipinski definition) is 0. The molecule has 2 aromatic rings. The van der Waals surface area contributed by atoms with Crippen LogP contribution in [0.2, 0.25) is 5.02 Å². The average molecular weight is 427 g/mol. The Kier molecular flexibility index (Phi) is 5.26. The van der Waals surface area contributed by atoms with E-state index in [4.69, 9.17) is 16.3 Å². The summed E-state index contributed by atoms with van der Waals surface area (Å²) in [5, 5.41) is 2.16. The highest BCUT2D eigenvalue weighted by Gasteiger charge is 2.30. The number of nitrogens with zero attached hydrogens (tertiary/aromatic N) is 2. The third-order valence-corrected chi connectivity index (χ3v) is 8.26. The number of benzene rings is 1. The van der Waals surface area contributed by atoms with Gasteiger partial charge < -0.3 is 9.64 Å². The fourth-order valence-corrected chi connectivity index (χ4v) is 6.16. The molecular formula is C18H19ClN2O4S2. The average Bonchev–Trinajstić information content (AvgIpc) is 3.16. The zero-order valence-electron chi connectivity index (χ0n) is 14.6. The van der Waals surface area contributed by atoms with E-state index < -0.39 is 10.0 Å². The van der Waals surface area contributed by atoms with Gasteiger partial charge in [-0.1, -0.05) is 11.6 Å². The van der Waals surface area contributed by atoms with Crippen LogP contribution in [0.3, 0.4) is 0 Å². The van der Waals surface area contributed by atoms with E-state index in [-0.39, 0.29) is 28.9 Å². The molecule has 0 N–H and O–H groups in total. The van der Waals surface area contributed by atoms with Crippen LogP contribution in [0.5, 0.6) is 0 Å². The summed E-state index contributed by atoms with van der Waals surface area (Å²) in [4.78, 5) is 16.0. The minimum absolute atomic E-state index is 0.0230. The smallest absolute Gasteiger partial charge is 0.254 e. The standard InChI is InChI=1S/C18H19ClN2O4S2/c19-15-2-1-13(11-17(15)27(23,24)21-6-8-25-9-7-21)18(22)20-5-3-16-14(12-20)4-10-26-16/h1-2,4,10-11H,3,5-9,12H2. The van der Waals surface area contributed by atoms with E-state index in [0.717, 1.165) is 12.0 Å². The van der Waals surface area contributed by atoms with E-state index in [2.05, 4.69) is 0 Å². The van der Waals surface area contributed by atoms with Crippen LogP contribution in [-0.2, 0) is 27.7 Å². The minimum Gasteiger partial charge on any atom is -0.379 e. The summed E-state index contributed by atoms with van der Waals surface area (Å²) < 4.78 is 32.5. The van der Waals surface area contributed by atoms with E-state index in [1.54, 1.807) is 22.3 Å². The van der Waals surface area contributed by atoms with Crippen LogP contribution >= 0.6 is 22.9 Å². The molecule has 0 bridgehead atoms.